The summed E-state index contributed by atoms with van der Waals surface area (Å²) in [6.07, 6.45) is 19.7. The zero-order chi connectivity index (χ0) is 47.1. The summed E-state index contributed by atoms with van der Waals surface area (Å²) < 4.78 is 34.9. The van der Waals surface area contributed by atoms with Crippen LogP contribution < -0.4 is 28.4 Å². The summed E-state index contributed by atoms with van der Waals surface area (Å²) in [6.45, 7) is 5.74. The van der Waals surface area contributed by atoms with Gasteiger partial charge in [0.05, 0.1) is 29.9 Å². The molecule has 0 atom stereocenters. The highest BCUT2D eigenvalue weighted by Gasteiger charge is 2.19. The first kappa shape index (κ1) is 50.0. The Labute approximate surface area is 398 Å². The fourth-order valence-electron chi connectivity index (χ4n) is 7.33. The van der Waals surface area contributed by atoms with Crippen LogP contribution in [0.2, 0.25) is 0 Å². The summed E-state index contributed by atoms with van der Waals surface area (Å²) in [5.41, 5.74) is 0.900. The highest BCUT2D eigenvalue weighted by molar-refractivity contribution is 7.20. The molecule has 0 fully saturated rings. The molecule has 0 amide bonds. The Morgan fingerprint density at radius 2 is 0.746 bits per heavy atom. The third-order valence-corrected chi connectivity index (χ3v) is 12.3. The van der Waals surface area contributed by atoms with E-state index in [0.29, 0.717) is 45.2 Å². The SMILES string of the molecule is CCCCCCCCCCOc1ccc(OC(=O)c2ccc(OC(=O)c3cc4c(OC(=O)c5ccc(OC(=O)c6ccc(OCCCCCCCCCC)cc6)cc5)cccc4s3)cc2)cc1. The van der Waals surface area contributed by atoms with Crippen LogP contribution in [0.5, 0.6) is 34.5 Å². The number of unbranched alkanes of at least 4 members (excludes halogenated alkanes) is 14. The average molecular weight is 927 g/mol. The van der Waals surface area contributed by atoms with Gasteiger partial charge in [0, 0.05) is 10.1 Å². The second kappa shape index (κ2) is 27.2. The van der Waals surface area contributed by atoms with Gasteiger partial charge in [0.1, 0.15) is 39.4 Å². The number of rotatable bonds is 28. The molecule has 10 nitrogen and oxygen atoms in total. The van der Waals surface area contributed by atoms with Gasteiger partial charge in [-0.2, -0.15) is 0 Å². The molecular formula is C56H62O10S. The van der Waals surface area contributed by atoms with E-state index in [0.717, 1.165) is 31.4 Å². The molecule has 6 aromatic rings. The Morgan fingerprint density at radius 3 is 1.19 bits per heavy atom. The normalized spacial score (nSPS) is 11.0. The molecule has 0 bridgehead atoms. The van der Waals surface area contributed by atoms with Crippen molar-refractivity contribution in [2.75, 3.05) is 13.2 Å². The maximum absolute atomic E-state index is 13.2. The van der Waals surface area contributed by atoms with E-state index in [4.69, 9.17) is 28.4 Å². The van der Waals surface area contributed by atoms with Crippen molar-refractivity contribution in [1.82, 2.24) is 0 Å². The van der Waals surface area contributed by atoms with Gasteiger partial charge >= 0.3 is 23.9 Å². The molecule has 6 rings (SSSR count). The summed E-state index contributed by atoms with van der Waals surface area (Å²) in [7, 11) is 0. The second-order valence-electron chi connectivity index (χ2n) is 16.5. The number of carbonyl (C=O) groups is 4. The molecule has 0 saturated carbocycles. The minimum absolute atomic E-state index is 0.240. The van der Waals surface area contributed by atoms with Gasteiger partial charge in [-0.15, -0.1) is 11.3 Å². The molecule has 0 N–H and O–H groups in total. The molecule has 0 saturated heterocycles. The van der Waals surface area contributed by atoms with Crippen molar-refractivity contribution >= 4 is 45.3 Å². The van der Waals surface area contributed by atoms with E-state index >= 15 is 0 Å². The number of hydrogen-bond donors (Lipinski definition) is 0. The van der Waals surface area contributed by atoms with E-state index < -0.39 is 23.9 Å². The van der Waals surface area contributed by atoms with Crippen LogP contribution in [-0.4, -0.2) is 37.1 Å². The first-order valence-corrected chi connectivity index (χ1v) is 24.7. The summed E-state index contributed by atoms with van der Waals surface area (Å²) in [6, 6.07) is 32.8. The lowest BCUT2D eigenvalue weighted by molar-refractivity contribution is 0.0722. The van der Waals surface area contributed by atoms with Crippen molar-refractivity contribution in [3.05, 3.63) is 143 Å². The molecule has 11 heteroatoms. The Kier molecular flexibility index (Phi) is 20.3. The van der Waals surface area contributed by atoms with Crippen molar-refractivity contribution in [2.45, 2.75) is 117 Å². The summed E-state index contributed by atoms with van der Waals surface area (Å²) in [4.78, 5) is 52.4. The molecule has 0 aliphatic rings. The van der Waals surface area contributed by atoms with Crippen molar-refractivity contribution in [1.29, 1.82) is 0 Å². The van der Waals surface area contributed by atoms with Gasteiger partial charge in [0.25, 0.3) is 0 Å². The molecule has 352 valence electrons. The second-order valence-corrected chi connectivity index (χ2v) is 17.6. The van der Waals surface area contributed by atoms with Crippen LogP contribution in [0.3, 0.4) is 0 Å². The Balaban J connectivity index is 0.924. The zero-order valence-corrected chi connectivity index (χ0v) is 39.6. The smallest absolute Gasteiger partial charge is 0.353 e. The van der Waals surface area contributed by atoms with Gasteiger partial charge in [-0.25, -0.2) is 19.2 Å². The number of hydrogen-bond acceptors (Lipinski definition) is 11. The van der Waals surface area contributed by atoms with E-state index in [9.17, 15) is 19.2 Å². The third kappa shape index (κ3) is 16.4. The lowest BCUT2D eigenvalue weighted by Gasteiger charge is -2.09. The number of fused-ring (bicyclic) bond motifs is 1. The van der Waals surface area contributed by atoms with Crippen LogP contribution >= 0.6 is 11.3 Å². The molecule has 67 heavy (non-hydrogen) atoms. The Hall–Kier alpha value is -6.46. The predicted octanol–water partition coefficient (Wildman–Crippen LogP) is 14.8. The monoisotopic (exact) mass is 926 g/mol. The van der Waals surface area contributed by atoms with Gasteiger partial charge in [0.15, 0.2) is 0 Å². The van der Waals surface area contributed by atoms with Gasteiger partial charge < -0.3 is 28.4 Å². The minimum atomic E-state index is -0.628. The Morgan fingerprint density at radius 1 is 0.388 bits per heavy atom. The number of esters is 4. The van der Waals surface area contributed by atoms with E-state index in [1.807, 2.05) is 6.07 Å². The van der Waals surface area contributed by atoms with Crippen LogP contribution in [0.1, 0.15) is 157 Å². The van der Waals surface area contributed by atoms with E-state index in [2.05, 4.69) is 13.8 Å². The topological polar surface area (TPSA) is 124 Å². The van der Waals surface area contributed by atoms with E-state index in [-0.39, 0.29) is 28.4 Å². The van der Waals surface area contributed by atoms with Crippen LogP contribution in [0.25, 0.3) is 10.1 Å². The average Bonchev–Trinajstić information content (AvgIpc) is 3.80. The standard InChI is InChI=1S/C56H62O10S/c1-3-5-7-9-11-13-15-17-38-61-44-28-22-41(23-29-44)53(57)63-46-30-26-43(27-31-46)55(59)66-50-20-19-21-51-49(50)40-52(67-51)56(60)65-47-32-24-42(25-33-47)54(58)64-48-36-34-45(35-37-48)62-39-18-16-14-12-10-8-6-4-2/h19-37,40H,3-18,38-39H2,1-2H3. The molecule has 1 heterocycles. The molecule has 5 aromatic carbocycles. The van der Waals surface area contributed by atoms with Gasteiger partial charge in [0.2, 0.25) is 0 Å². The van der Waals surface area contributed by atoms with Crippen molar-refractivity contribution in [3.8, 4) is 34.5 Å². The molecule has 1 aromatic heterocycles. The number of carbonyl (C=O) groups excluding carboxylic acids is 4. The predicted molar refractivity (Wildman–Crippen MR) is 264 cm³/mol. The van der Waals surface area contributed by atoms with Crippen LogP contribution in [0.15, 0.2) is 121 Å². The van der Waals surface area contributed by atoms with Crippen LogP contribution in [0.4, 0.5) is 0 Å². The maximum Gasteiger partial charge on any atom is 0.353 e. The Bertz CT molecular complexity index is 2460. The maximum atomic E-state index is 13.2. The van der Waals surface area contributed by atoms with E-state index in [1.165, 1.54) is 137 Å². The van der Waals surface area contributed by atoms with Crippen LogP contribution in [0, 0.1) is 0 Å². The molecular weight excluding hydrogens is 865 g/mol. The third-order valence-electron chi connectivity index (χ3n) is 11.2. The zero-order valence-electron chi connectivity index (χ0n) is 38.8. The number of benzene rings is 5. The number of ether oxygens (including phenoxy) is 6. The molecule has 0 radical (unpaired) electrons. The van der Waals surface area contributed by atoms with Crippen molar-refractivity contribution in [3.63, 3.8) is 0 Å². The molecule has 0 aliphatic carbocycles. The number of thiophene rings is 1. The van der Waals surface area contributed by atoms with Crippen LogP contribution in [-0.2, 0) is 0 Å². The van der Waals surface area contributed by atoms with Crippen molar-refractivity contribution in [2.24, 2.45) is 0 Å². The highest BCUT2D eigenvalue weighted by Crippen LogP contribution is 2.34. The fraction of sp³-hybridized carbons (Fsp3) is 0.357. The summed E-state index contributed by atoms with van der Waals surface area (Å²) in [5, 5.41) is 0.559. The lowest BCUT2D eigenvalue weighted by Crippen LogP contribution is -2.10. The lowest BCUT2D eigenvalue weighted by atomic mass is 10.1. The summed E-state index contributed by atoms with van der Waals surface area (Å²) in [5.74, 6) is 0.265. The van der Waals surface area contributed by atoms with Gasteiger partial charge in [-0.3, -0.25) is 0 Å². The molecule has 0 aliphatic heterocycles. The summed E-state index contributed by atoms with van der Waals surface area (Å²) >= 11 is 1.19. The highest BCUT2D eigenvalue weighted by atomic mass is 32.1. The van der Waals surface area contributed by atoms with Crippen molar-refractivity contribution < 1.29 is 47.6 Å². The minimum Gasteiger partial charge on any atom is -0.494 e. The first-order chi connectivity index (χ1) is 32.8. The quantitative estimate of drug-likeness (QED) is 0.0267. The molecule has 0 unspecified atom stereocenters. The van der Waals surface area contributed by atoms with Gasteiger partial charge in [-0.05, 0) is 128 Å². The van der Waals surface area contributed by atoms with Gasteiger partial charge in [-0.1, -0.05) is 110 Å². The first-order valence-electron chi connectivity index (χ1n) is 23.9. The molecule has 0 spiro atoms. The van der Waals surface area contributed by atoms with E-state index in [1.54, 1.807) is 66.7 Å². The fourth-order valence-corrected chi connectivity index (χ4v) is 8.29. The largest absolute Gasteiger partial charge is 0.494 e.